The highest BCUT2D eigenvalue weighted by molar-refractivity contribution is 5.94. The van der Waals surface area contributed by atoms with Gasteiger partial charge in [-0.1, -0.05) is 29.8 Å². The number of nitrogens with two attached hydrogens (primary N) is 1. The minimum Gasteiger partial charge on any atom is -0.467 e. The number of carbonyl (C=O) groups is 1. The number of aryl methyl sites for hydroxylation is 1. The Morgan fingerprint density at radius 2 is 2.12 bits per heavy atom. The zero-order chi connectivity index (χ0) is 17.6. The number of carbonyl (C=O) groups excluding carboxylic acids is 1. The minimum absolute atomic E-state index is 0.0222. The third-order valence-electron chi connectivity index (χ3n) is 4.63. The summed E-state index contributed by atoms with van der Waals surface area (Å²) in [5.41, 5.74) is 8.60. The van der Waals surface area contributed by atoms with Gasteiger partial charge in [0.1, 0.15) is 12.0 Å². The van der Waals surface area contributed by atoms with Crippen molar-refractivity contribution in [1.82, 2.24) is 4.90 Å². The van der Waals surface area contributed by atoms with Gasteiger partial charge in [-0.15, -0.1) is 0 Å². The molecule has 1 aromatic heterocycles. The Labute approximate surface area is 148 Å². The van der Waals surface area contributed by atoms with Gasteiger partial charge < -0.3 is 19.8 Å². The molecule has 5 nitrogen and oxygen atoms in total. The number of benzene rings is 1. The SMILES string of the molecule is Cc1ccc(CCN(CC2CCCO2)C(=O)c2coc(CN)c2)cc1. The molecule has 0 aliphatic carbocycles. The van der Waals surface area contributed by atoms with E-state index in [4.69, 9.17) is 14.9 Å². The van der Waals surface area contributed by atoms with Crippen molar-refractivity contribution in [3.8, 4) is 0 Å². The van der Waals surface area contributed by atoms with Crippen molar-refractivity contribution in [2.45, 2.75) is 38.8 Å². The summed E-state index contributed by atoms with van der Waals surface area (Å²) in [6.07, 6.45) is 4.52. The van der Waals surface area contributed by atoms with Gasteiger partial charge in [-0.3, -0.25) is 4.79 Å². The zero-order valence-corrected chi connectivity index (χ0v) is 14.7. The number of amides is 1. The number of ether oxygens (including phenoxy) is 1. The second-order valence-corrected chi connectivity index (χ2v) is 6.63. The molecule has 1 aliphatic heterocycles. The first-order chi connectivity index (χ1) is 12.2. The second-order valence-electron chi connectivity index (χ2n) is 6.63. The van der Waals surface area contributed by atoms with Gasteiger partial charge in [0.25, 0.3) is 5.91 Å². The third-order valence-corrected chi connectivity index (χ3v) is 4.63. The largest absolute Gasteiger partial charge is 0.467 e. The van der Waals surface area contributed by atoms with Gasteiger partial charge in [0, 0.05) is 19.7 Å². The first-order valence-electron chi connectivity index (χ1n) is 8.89. The summed E-state index contributed by atoms with van der Waals surface area (Å²) in [7, 11) is 0. The summed E-state index contributed by atoms with van der Waals surface area (Å²) < 4.78 is 11.1. The Bertz CT molecular complexity index is 687. The van der Waals surface area contributed by atoms with Crippen molar-refractivity contribution in [2.24, 2.45) is 5.73 Å². The molecule has 0 spiro atoms. The molecule has 1 aromatic carbocycles. The molecule has 1 aliphatic rings. The summed E-state index contributed by atoms with van der Waals surface area (Å²) >= 11 is 0. The standard InChI is InChI=1S/C20H26N2O3/c1-15-4-6-16(7-5-15)8-9-22(13-18-3-2-10-24-18)20(23)17-11-19(12-21)25-14-17/h4-7,11,14,18H,2-3,8-10,12-13,21H2,1H3. The monoisotopic (exact) mass is 342 g/mol. The van der Waals surface area contributed by atoms with E-state index in [9.17, 15) is 4.79 Å². The topological polar surface area (TPSA) is 68.7 Å². The van der Waals surface area contributed by atoms with Crippen LogP contribution in [0, 0.1) is 6.92 Å². The molecule has 1 unspecified atom stereocenters. The van der Waals surface area contributed by atoms with Crippen LogP contribution < -0.4 is 5.73 Å². The average Bonchev–Trinajstić information content (AvgIpc) is 3.31. The fourth-order valence-electron chi connectivity index (χ4n) is 3.11. The van der Waals surface area contributed by atoms with Crippen LogP contribution in [0.1, 0.15) is 40.1 Å². The van der Waals surface area contributed by atoms with Crippen molar-refractivity contribution < 1.29 is 13.9 Å². The summed E-state index contributed by atoms with van der Waals surface area (Å²) in [5.74, 6) is 0.602. The lowest BCUT2D eigenvalue weighted by molar-refractivity contribution is 0.0528. The fourth-order valence-corrected chi connectivity index (χ4v) is 3.11. The Morgan fingerprint density at radius 1 is 1.32 bits per heavy atom. The smallest absolute Gasteiger partial charge is 0.257 e. The van der Waals surface area contributed by atoms with Crippen molar-refractivity contribution >= 4 is 5.91 Å². The highest BCUT2D eigenvalue weighted by Crippen LogP contribution is 2.17. The predicted octanol–water partition coefficient (Wildman–Crippen LogP) is 2.91. The molecule has 5 heteroatoms. The minimum atomic E-state index is -0.0222. The van der Waals surface area contributed by atoms with E-state index in [-0.39, 0.29) is 12.0 Å². The number of furan rings is 1. The molecule has 2 N–H and O–H groups in total. The molecule has 0 saturated carbocycles. The summed E-state index contributed by atoms with van der Waals surface area (Å²) in [6.45, 7) is 4.43. The number of hydrogen-bond acceptors (Lipinski definition) is 4. The van der Waals surface area contributed by atoms with Gasteiger partial charge in [-0.25, -0.2) is 0 Å². The van der Waals surface area contributed by atoms with E-state index >= 15 is 0 Å². The van der Waals surface area contributed by atoms with E-state index in [2.05, 4.69) is 31.2 Å². The van der Waals surface area contributed by atoms with Gasteiger partial charge in [-0.05, 0) is 37.8 Å². The number of hydrogen-bond donors (Lipinski definition) is 1. The van der Waals surface area contributed by atoms with E-state index < -0.39 is 0 Å². The van der Waals surface area contributed by atoms with Crippen molar-refractivity contribution in [3.63, 3.8) is 0 Å². The zero-order valence-electron chi connectivity index (χ0n) is 14.7. The van der Waals surface area contributed by atoms with Gasteiger partial charge in [0.05, 0.1) is 18.2 Å². The van der Waals surface area contributed by atoms with Gasteiger partial charge >= 0.3 is 0 Å². The highest BCUT2D eigenvalue weighted by atomic mass is 16.5. The van der Waals surface area contributed by atoms with E-state index in [0.29, 0.717) is 31.0 Å². The number of nitrogens with zero attached hydrogens (tertiary/aromatic N) is 1. The maximum absolute atomic E-state index is 12.9. The Balaban J connectivity index is 1.69. The van der Waals surface area contributed by atoms with Gasteiger partial charge in [0.15, 0.2) is 0 Å². The number of rotatable bonds is 7. The van der Waals surface area contributed by atoms with Gasteiger partial charge in [-0.2, -0.15) is 0 Å². The molecule has 2 aromatic rings. The first-order valence-corrected chi connectivity index (χ1v) is 8.89. The molecule has 25 heavy (non-hydrogen) atoms. The molecule has 2 heterocycles. The maximum atomic E-state index is 12.9. The van der Waals surface area contributed by atoms with Crippen LogP contribution in [0.3, 0.4) is 0 Å². The summed E-state index contributed by atoms with van der Waals surface area (Å²) in [6, 6.07) is 10.2. The molecule has 1 atom stereocenters. The van der Waals surface area contributed by atoms with E-state index in [1.54, 1.807) is 6.07 Å². The molecule has 134 valence electrons. The molecule has 1 saturated heterocycles. The molecule has 1 fully saturated rings. The normalized spacial score (nSPS) is 17.0. The van der Waals surface area contributed by atoms with Crippen LogP contribution in [0.15, 0.2) is 41.0 Å². The molecular formula is C20H26N2O3. The van der Waals surface area contributed by atoms with Gasteiger partial charge in [0.2, 0.25) is 0 Å². The maximum Gasteiger partial charge on any atom is 0.257 e. The summed E-state index contributed by atoms with van der Waals surface area (Å²) in [4.78, 5) is 14.8. The van der Waals surface area contributed by atoms with Crippen molar-refractivity contribution in [1.29, 1.82) is 0 Å². The van der Waals surface area contributed by atoms with Crippen LogP contribution in [0.2, 0.25) is 0 Å². The average molecular weight is 342 g/mol. The fraction of sp³-hybridized carbons (Fsp3) is 0.450. The van der Waals surface area contributed by atoms with Crippen molar-refractivity contribution in [3.05, 3.63) is 59.0 Å². The van der Waals surface area contributed by atoms with Crippen LogP contribution in [0.25, 0.3) is 0 Å². The van der Waals surface area contributed by atoms with Crippen LogP contribution in [-0.2, 0) is 17.7 Å². The molecule has 1 amide bonds. The van der Waals surface area contributed by atoms with Crippen LogP contribution >= 0.6 is 0 Å². The Hall–Kier alpha value is -2.11. The lowest BCUT2D eigenvalue weighted by Gasteiger charge is -2.25. The molecular weight excluding hydrogens is 316 g/mol. The van der Waals surface area contributed by atoms with E-state index in [1.807, 2.05) is 4.90 Å². The quantitative estimate of drug-likeness (QED) is 0.840. The summed E-state index contributed by atoms with van der Waals surface area (Å²) in [5, 5.41) is 0. The predicted molar refractivity (Wildman–Crippen MR) is 96.4 cm³/mol. The lowest BCUT2D eigenvalue weighted by atomic mass is 10.1. The molecule has 3 rings (SSSR count). The molecule has 0 radical (unpaired) electrons. The van der Waals surface area contributed by atoms with Crippen LogP contribution in [-0.4, -0.2) is 36.6 Å². The Kier molecular flexibility index (Phi) is 5.89. The van der Waals surface area contributed by atoms with Crippen LogP contribution in [0.5, 0.6) is 0 Å². The lowest BCUT2D eigenvalue weighted by Crippen LogP contribution is -2.38. The third kappa shape index (κ3) is 4.71. The Morgan fingerprint density at radius 3 is 2.76 bits per heavy atom. The molecule has 0 bridgehead atoms. The highest BCUT2D eigenvalue weighted by Gasteiger charge is 2.24. The van der Waals surface area contributed by atoms with E-state index in [1.165, 1.54) is 17.4 Å². The van der Waals surface area contributed by atoms with Crippen molar-refractivity contribution in [2.75, 3.05) is 19.7 Å². The van der Waals surface area contributed by atoms with E-state index in [0.717, 1.165) is 25.9 Å². The van der Waals surface area contributed by atoms with Crippen LogP contribution in [0.4, 0.5) is 0 Å². The second kappa shape index (κ2) is 8.32. The first kappa shape index (κ1) is 17.7.